The fourth-order valence-electron chi connectivity index (χ4n) is 2.95. The molecule has 0 unspecified atom stereocenters. The zero-order chi connectivity index (χ0) is 22.0. The molecule has 154 valence electrons. The first-order chi connectivity index (χ1) is 14.9. The summed E-state index contributed by atoms with van der Waals surface area (Å²) in [6.45, 7) is 1.81. The number of nitrogens with zero attached hydrogens (tertiary/aromatic N) is 1. The van der Waals surface area contributed by atoms with E-state index in [4.69, 9.17) is 21.1 Å². The van der Waals surface area contributed by atoms with Crippen LogP contribution in [0.1, 0.15) is 27.0 Å². The summed E-state index contributed by atoms with van der Waals surface area (Å²) in [6.07, 6.45) is 0. The Hall–Kier alpha value is -3.82. The molecule has 0 spiro atoms. The van der Waals surface area contributed by atoms with Crippen molar-refractivity contribution in [3.63, 3.8) is 0 Å². The van der Waals surface area contributed by atoms with Gasteiger partial charge in [0.05, 0.1) is 34.3 Å². The number of carbonyl (C=O) groups excluding carboxylic acids is 1. The van der Waals surface area contributed by atoms with Crippen molar-refractivity contribution in [2.75, 3.05) is 7.11 Å². The summed E-state index contributed by atoms with van der Waals surface area (Å²) >= 11 is 6.33. The van der Waals surface area contributed by atoms with Gasteiger partial charge in [-0.25, -0.2) is 9.18 Å². The van der Waals surface area contributed by atoms with Gasteiger partial charge >= 0.3 is 5.97 Å². The molecule has 0 amide bonds. The number of rotatable bonds is 3. The summed E-state index contributed by atoms with van der Waals surface area (Å²) in [5, 5.41) is 0.398. The molecule has 0 aliphatic rings. The molecular weight excluding hydrogens is 419 g/mol. The molecule has 4 rings (SSSR count). The van der Waals surface area contributed by atoms with E-state index in [0.717, 1.165) is 5.56 Å². The van der Waals surface area contributed by atoms with Gasteiger partial charge in [-0.1, -0.05) is 41.6 Å². The van der Waals surface area contributed by atoms with E-state index in [-0.39, 0.29) is 11.6 Å². The van der Waals surface area contributed by atoms with E-state index in [1.165, 1.54) is 13.2 Å². The number of carbonyl (C=O) groups is 1. The lowest BCUT2D eigenvalue weighted by atomic mass is 10.1. The summed E-state index contributed by atoms with van der Waals surface area (Å²) in [7, 11) is 1.32. The Morgan fingerprint density at radius 1 is 1.10 bits per heavy atom. The van der Waals surface area contributed by atoms with Gasteiger partial charge in [0, 0.05) is 5.56 Å². The Labute approximate surface area is 182 Å². The number of halogens is 2. The number of hydrogen-bond donors (Lipinski definition) is 1. The smallest absolute Gasteiger partial charge is 0.338 e. The van der Waals surface area contributed by atoms with Crippen molar-refractivity contribution in [2.24, 2.45) is 0 Å². The predicted molar refractivity (Wildman–Crippen MR) is 116 cm³/mol. The minimum absolute atomic E-state index is 0.227. The van der Waals surface area contributed by atoms with Crippen LogP contribution in [0.15, 0.2) is 54.6 Å². The molecule has 31 heavy (non-hydrogen) atoms. The largest absolute Gasteiger partial charge is 0.465 e. The summed E-state index contributed by atoms with van der Waals surface area (Å²) in [6, 6.07) is 14.9. The van der Waals surface area contributed by atoms with Gasteiger partial charge < -0.3 is 14.5 Å². The monoisotopic (exact) mass is 434 g/mol. The molecule has 0 bridgehead atoms. The van der Waals surface area contributed by atoms with E-state index in [9.17, 15) is 9.18 Å². The minimum atomic E-state index is -0.447. The van der Waals surface area contributed by atoms with Crippen LogP contribution in [0.3, 0.4) is 0 Å². The third-order valence-electron chi connectivity index (χ3n) is 4.58. The van der Waals surface area contributed by atoms with E-state index in [1.54, 1.807) is 48.5 Å². The van der Waals surface area contributed by atoms with E-state index < -0.39 is 11.8 Å². The summed E-state index contributed by atoms with van der Waals surface area (Å²) < 4.78 is 24.3. The molecule has 0 atom stereocenters. The first kappa shape index (κ1) is 20.5. The molecule has 0 aliphatic carbocycles. The number of methoxy groups -OCH3 is 1. The molecule has 0 radical (unpaired) electrons. The van der Waals surface area contributed by atoms with Crippen molar-refractivity contribution >= 4 is 28.6 Å². The number of H-pyrrole nitrogens is 1. The number of aromatic amines is 1. The Kier molecular flexibility index (Phi) is 5.61. The van der Waals surface area contributed by atoms with Crippen LogP contribution in [0.4, 0.5) is 4.39 Å². The van der Waals surface area contributed by atoms with Crippen molar-refractivity contribution in [3.8, 4) is 23.6 Å². The second-order valence-corrected chi connectivity index (χ2v) is 7.10. The maximum atomic E-state index is 13.8. The van der Waals surface area contributed by atoms with Crippen LogP contribution in [-0.4, -0.2) is 23.0 Å². The summed E-state index contributed by atoms with van der Waals surface area (Å²) in [5.74, 6) is 5.26. The lowest BCUT2D eigenvalue weighted by Gasteiger charge is -2.07. The van der Waals surface area contributed by atoms with E-state index in [0.29, 0.717) is 32.9 Å². The van der Waals surface area contributed by atoms with Gasteiger partial charge in [-0.05, 0) is 48.9 Å². The second-order valence-electron chi connectivity index (χ2n) is 6.69. The Balaban J connectivity index is 1.64. The average molecular weight is 435 g/mol. The van der Waals surface area contributed by atoms with Crippen molar-refractivity contribution in [1.82, 2.24) is 9.97 Å². The Morgan fingerprint density at radius 3 is 2.65 bits per heavy atom. The van der Waals surface area contributed by atoms with E-state index in [1.807, 2.05) is 6.92 Å². The van der Waals surface area contributed by atoms with Crippen LogP contribution in [0.2, 0.25) is 5.02 Å². The van der Waals surface area contributed by atoms with Crippen LogP contribution in [0.5, 0.6) is 11.8 Å². The third-order valence-corrected chi connectivity index (χ3v) is 4.90. The van der Waals surface area contributed by atoms with Crippen molar-refractivity contribution in [2.45, 2.75) is 6.92 Å². The van der Waals surface area contributed by atoms with Crippen molar-refractivity contribution in [1.29, 1.82) is 0 Å². The third kappa shape index (κ3) is 4.37. The van der Waals surface area contributed by atoms with Crippen molar-refractivity contribution in [3.05, 3.63) is 87.7 Å². The highest BCUT2D eigenvalue weighted by molar-refractivity contribution is 6.32. The molecule has 0 aliphatic heterocycles. The second kappa shape index (κ2) is 8.50. The number of nitrogens with one attached hydrogen (secondary N) is 1. The molecule has 1 aromatic heterocycles. The summed E-state index contributed by atoms with van der Waals surface area (Å²) in [4.78, 5) is 19.3. The minimum Gasteiger partial charge on any atom is -0.465 e. The molecule has 0 fully saturated rings. The topological polar surface area (TPSA) is 64.2 Å². The number of imidazole rings is 1. The molecule has 3 aromatic carbocycles. The highest BCUT2D eigenvalue weighted by Crippen LogP contribution is 2.27. The molecule has 0 saturated heterocycles. The van der Waals surface area contributed by atoms with Gasteiger partial charge in [0.2, 0.25) is 0 Å². The first-order valence-corrected chi connectivity index (χ1v) is 9.65. The van der Waals surface area contributed by atoms with Crippen LogP contribution in [0, 0.1) is 24.6 Å². The van der Waals surface area contributed by atoms with Crippen LogP contribution < -0.4 is 4.74 Å². The van der Waals surface area contributed by atoms with Gasteiger partial charge in [0.15, 0.2) is 0 Å². The predicted octanol–water partition coefficient (Wildman–Crippen LogP) is 5.64. The molecule has 1 N–H and O–H groups in total. The number of hydrogen-bond acceptors (Lipinski definition) is 4. The zero-order valence-corrected chi connectivity index (χ0v) is 17.4. The Bertz CT molecular complexity index is 1370. The van der Waals surface area contributed by atoms with Crippen LogP contribution in [-0.2, 0) is 4.74 Å². The van der Waals surface area contributed by atoms with E-state index in [2.05, 4.69) is 21.8 Å². The molecule has 1 heterocycles. The maximum absolute atomic E-state index is 13.8. The molecular formula is C24H16ClFN2O3. The summed E-state index contributed by atoms with van der Waals surface area (Å²) in [5.41, 5.74) is 3.21. The number of aryl methyl sites for hydroxylation is 1. The van der Waals surface area contributed by atoms with E-state index >= 15 is 0 Å². The maximum Gasteiger partial charge on any atom is 0.338 e. The average Bonchev–Trinajstić information content (AvgIpc) is 3.14. The van der Waals surface area contributed by atoms with Crippen molar-refractivity contribution < 1.29 is 18.7 Å². The van der Waals surface area contributed by atoms with Gasteiger partial charge in [-0.2, -0.15) is 4.98 Å². The highest BCUT2D eigenvalue weighted by Gasteiger charge is 2.13. The van der Waals surface area contributed by atoms with Gasteiger partial charge in [0.25, 0.3) is 6.01 Å². The van der Waals surface area contributed by atoms with Crippen LogP contribution >= 0.6 is 11.6 Å². The first-order valence-electron chi connectivity index (χ1n) is 9.27. The SMILES string of the molecule is COC(=O)c1cc(Oc2nc3cc(C#Cc4ccccc4F)c(Cl)cc3[nH]2)ccc1C. The number of esters is 1. The standard InChI is InChI=1S/C24H16ClFN2O3/c1-14-7-10-17(12-18(14)23(29)30-2)31-24-27-21-11-16(19(25)13-22(21)28-24)9-8-15-5-3-4-6-20(15)26/h3-7,10-13H,1-2H3,(H,27,28). The fourth-order valence-corrected chi connectivity index (χ4v) is 3.17. The fraction of sp³-hybridized carbons (Fsp3) is 0.0833. The normalized spacial score (nSPS) is 10.5. The quantitative estimate of drug-likeness (QED) is 0.334. The highest BCUT2D eigenvalue weighted by atomic mass is 35.5. The molecule has 5 nitrogen and oxygen atoms in total. The van der Waals surface area contributed by atoms with Gasteiger partial charge in [-0.3, -0.25) is 0 Å². The van der Waals surface area contributed by atoms with Gasteiger partial charge in [0.1, 0.15) is 11.6 Å². The number of ether oxygens (including phenoxy) is 2. The van der Waals surface area contributed by atoms with Crippen LogP contribution in [0.25, 0.3) is 11.0 Å². The molecule has 0 saturated carbocycles. The number of fused-ring (bicyclic) bond motifs is 1. The zero-order valence-electron chi connectivity index (χ0n) is 16.6. The lowest BCUT2D eigenvalue weighted by molar-refractivity contribution is 0.0599. The van der Waals surface area contributed by atoms with Gasteiger partial charge in [-0.15, -0.1) is 0 Å². The number of benzene rings is 3. The molecule has 4 aromatic rings. The lowest BCUT2D eigenvalue weighted by Crippen LogP contribution is -2.04. The Morgan fingerprint density at radius 2 is 1.87 bits per heavy atom. The number of aromatic nitrogens is 2. The molecule has 7 heteroatoms.